The van der Waals surface area contributed by atoms with Crippen LogP contribution < -0.4 is 0 Å². The van der Waals surface area contributed by atoms with Gasteiger partial charge in [-0.2, -0.15) is 13.2 Å². The minimum absolute atomic E-state index is 0.149. The van der Waals surface area contributed by atoms with Gasteiger partial charge in [-0.05, 0) is 54.5 Å². The van der Waals surface area contributed by atoms with E-state index >= 15 is 0 Å². The Balaban J connectivity index is 1.89. The number of alkyl halides is 3. The molecule has 29 heavy (non-hydrogen) atoms. The van der Waals surface area contributed by atoms with Gasteiger partial charge < -0.3 is 0 Å². The molecule has 156 valence electrons. The van der Waals surface area contributed by atoms with Crippen LogP contribution in [0.15, 0.2) is 36.4 Å². The quantitative estimate of drug-likeness (QED) is 0.351. The monoisotopic (exact) mass is 416 g/mol. The minimum atomic E-state index is -4.96. The highest BCUT2D eigenvalue weighted by Gasteiger charge is 2.34. The van der Waals surface area contributed by atoms with E-state index in [1.807, 2.05) is 0 Å². The van der Waals surface area contributed by atoms with Crippen molar-refractivity contribution in [3.8, 4) is 0 Å². The number of benzene rings is 2. The summed E-state index contributed by atoms with van der Waals surface area (Å²) in [5.41, 5.74) is -2.28. The van der Waals surface area contributed by atoms with Crippen molar-refractivity contribution >= 4 is 11.7 Å². The molecule has 0 atom stereocenters. The van der Waals surface area contributed by atoms with Crippen molar-refractivity contribution in [3.05, 3.63) is 70.3 Å². The van der Waals surface area contributed by atoms with E-state index in [0.717, 1.165) is 37.8 Å². The van der Waals surface area contributed by atoms with Gasteiger partial charge in [-0.25, -0.2) is 17.6 Å². The van der Waals surface area contributed by atoms with Crippen molar-refractivity contribution in [1.29, 1.82) is 0 Å². The Labute approximate surface area is 164 Å². The maximum atomic E-state index is 14.5. The number of hydrogen-bond acceptors (Lipinski definition) is 0. The van der Waals surface area contributed by atoms with Crippen molar-refractivity contribution in [2.45, 2.75) is 44.7 Å². The van der Waals surface area contributed by atoms with Crippen LogP contribution in [0.4, 0.5) is 30.7 Å². The normalized spacial score (nSPS) is 21.1. The summed E-state index contributed by atoms with van der Waals surface area (Å²) < 4.78 is 94.8. The molecule has 0 N–H and O–H groups in total. The Bertz CT molecular complexity index is 919. The van der Waals surface area contributed by atoms with Gasteiger partial charge in [0.05, 0.1) is 5.56 Å². The topological polar surface area (TPSA) is 0 Å². The lowest BCUT2D eigenvalue weighted by atomic mass is 9.79. The molecule has 0 bridgehead atoms. The maximum absolute atomic E-state index is 14.5. The number of hydrogen-bond donors (Lipinski definition) is 0. The Morgan fingerprint density at radius 3 is 2.03 bits per heavy atom. The lowest BCUT2D eigenvalue weighted by molar-refractivity contribution is -0.140. The first-order chi connectivity index (χ1) is 13.6. The fraction of sp³-hybridized carbons (Fsp3) is 0.364. The van der Waals surface area contributed by atoms with E-state index in [1.54, 1.807) is 0 Å². The molecule has 0 heterocycles. The predicted molar refractivity (Wildman–Crippen MR) is 97.2 cm³/mol. The smallest absolute Gasteiger partial charge is 0.206 e. The molecular formula is C22H19F7. The summed E-state index contributed by atoms with van der Waals surface area (Å²) in [6.45, 7) is 2.15. The largest absolute Gasteiger partial charge is 0.419 e. The summed E-state index contributed by atoms with van der Waals surface area (Å²) in [7, 11) is 0. The Hall–Kier alpha value is -2.31. The highest BCUT2D eigenvalue weighted by molar-refractivity contribution is 5.83. The van der Waals surface area contributed by atoms with Gasteiger partial charge >= 0.3 is 6.18 Å². The molecule has 0 amide bonds. The van der Waals surface area contributed by atoms with Gasteiger partial charge in [0, 0.05) is 11.1 Å². The zero-order valence-electron chi connectivity index (χ0n) is 15.6. The summed E-state index contributed by atoms with van der Waals surface area (Å²) in [4.78, 5) is 0. The fourth-order valence-electron chi connectivity index (χ4n) is 3.68. The standard InChI is InChI=1S/C22H19F7/c1-12-2-4-13(5-3-12)14-6-8-16(18(23)10-14)21(26)20(25)15-7-9-17(19(24)11-15)22(27,28)29/h6-13H,2-5H2,1H3/b21-20+. The number of rotatable bonds is 3. The molecular weight excluding hydrogens is 397 g/mol. The highest BCUT2D eigenvalue weighted by Crippen LogP contribution is 2.38. The molecule has 3 rings (SSSR count). The Kier molecular flexibility index (Phi) is 6.05. The first-order valence-corrected chi connectivity index (χ1v) is 9.30. The average Bonchev–Trinajstić information content (AvgIpc) is 2.66. The first-order valence-electron chi connectivity index (χ1n) is 9.30. The average molecular weight is 416 g/mol. The van der Waals surface area contributed by atoms with Crippen LogP contribution in [0.5, 0.6) is 0 Å². The van der Waals surface area contributed by atoms with E-state index in [-0.39, 0.29) is 12.0 Å². The van der Waals surface area contributed by atoms with Crippen molar-refractivity contribution in [1.82, 2.24) is 0 Å². The third-order valence-corrected chi connectivity index (χ3v) is 5.44. The molecule has 0 aromatic heterocycles. The summed E-state index contributed by atoms with van der Waals surface area (Å²) in [6, 6.07) is 4.97. The SMILES string of the molecule is CC1CCC(c2ccc(/C(F)=C(\F)c3ccc(C(F)(F)F)c(F)c3)c(F)c2)CC1. The van der Waals surface area contributed by atoms with Crippen molar-refractivity contribution in [2.75, 3.05) is 0 Å². The van der Waals surface area contributed by atoms with Crippen LogP contribution in [0.3, 0.4) is 0 Å². The molecule has 2 aromatic carbocycles. The van der Waals surface area contributed by atoms with Gasteiger partial charge in [0.15, 0.2) is 11.7 Å². The lowest BCUT2D eigenvalue weighted by Crippen LogP contribution is -2.11. The first kappa shape index (κ1) is 21.4. The molecule has 7 heteroatoms. The van der Waals surface area contributed by atoms with E-state index < -0.39 is 46.2 Å². The molecule has 1 aliphatic carbocycles. The fourth-order valence-corrected chi connectivity index (χ4v) is 3.68. The Morgan fingerprint density at radius 2 is 1.48 bits per heavy atom. The van der Waals surface area contributed by atoms with Gasteiger partial charge in [-0.1, -0.05) is 31.9 Å². The van der Waals surface area contributed by atoms with E-state index in [9.17, 15) is 30.7 Å². The maximum Gasteiger partial charge on any atom is 0.419 e. The molecule has 0 saturated heterocycles. The highest BCUT2D eigenvalue weighted by atomic mass is 19.4. The second kappa shape index (κ2) is 8.20. The summed E-state index contributed by atoms with van der Waals surface area (Å²) in [5, 5.41) is 0. The summed E-state index contributed by atoms with van der Waals surface area (Å²) >= 11 is 0. The van der Waals surface area contributed by atoms with Gasteiger partial charge in [0.25, 0.3) is 0 Å². The summed E-state index contributed by atoms with van der Waals surface area (Å²) in [5.74, 6) is -5.17. The molecule has 0 nitrogen and oxygen atoms in total. The van der Waals surface area contributed by atoms with Crippen molar-refractivity contribution in [2.24, 2.45) is 5.92 Å². The summed E-state index contributed by atoms with van der Waals surface area (Å²) in [6.07, 6.45) is -1.16. The zero-order chi connectivity index (χ0) is 21.3. The second-order valence-corrected chi connectivity index (χ2v) is 7.52. The van der Waals surface area contributed by atoms with Gasteiger partial charge in [0.2, 0.25) is 0 Å². The molecule has 2 aromatic rings. The van der Waals surface area contributed by atoms with Crippen molar-refractivity contribution in [3.63, 3.8) is 0 Å². The van der Waals surface area contributed by atoms with Gasteiger partial charge in [0.1, 0.15) is 11.6 Å². The van der Waals surface area contributed by atoms with Crippen LogP contribution in [-0.4, -0.2) is 0 Å². The molecule has 1 saturated carbocycles. The minimum Gasteiger partial charge on any atom is -0.206 e. The third-order valence-electron chi connectivity index (χ3n) is 5.44. The van der Waals surface area contributed by atoms with Gasteiger partial charge in [-0.3, -0.25) is 0 Å². The van der Waals surface area contributed by atoms with E-state index in [2.05, 4.69) is 6.92 Å². The predicted octanol–water partition coefficient (Wildman–Crippen LogP) is 8.04. The van der Waals surface area contributed by atoms with E-state index in [1.165, 1.54) is 6.07 Å². The van der Waals surface area contributed by atoms with Crippen LogP contribution in [0.25, 0.3) is 11.7 Å². The van der Waals surface area contributed by atoms with Crippen LogP contribution in [0.1, 0.15) is 60.8 Å². The molecule has 1 aliphatic rings. The molecule has 0 aliphatic heterocycles. The van der Waals surface area contributed by atoms with Crippen LogP contribution in [-0.2, 0) is 6.18 Å². The second-order valence-electron chi connectivity index (χ2n) is 7.52. The van der Waals surface area contributed by atoms with Gasteiger partial charge in [-0.15, -0.1) is 0 Å². The molecule has 1 fully saturated rings. The van der Waals surface area contributed by atoms with Crippen LogP contribution in [0, 0.1) is 17.6 Å². The van der Waals surface area contributed by atoms with Crippen LogP contribution >= 0.6 is 0 Å². The van der Waals surface area contributed by atoms with E-state index in [0.29, 0.717) is 23.6 Å². The molecule has 0 spiro atoms. The third kappa shape index (κ3) is 4.65. The van der Waals surface area contributed by atoms with E-state index in [4.69, 9.17) is 0 Å². The van der Waals surface area contributed by atoms with Crippen LogP contribution in [0.2, 0.25) is 0 Å². The molecule has 0 unspecified atom stereocenters. The molecule has 0 radical (unpaired) electrons. The van der Waals surface area contributed by atoms with Crippen molar-refractivity contribution < 1.29 is 30.7 Å². The Morgan fingerprint density at radius 1 is 0.828 bits per heavy atom. The number of halogens is 7. The zero-order valence-corrected chi connectivity index (χ0v) is 15.6. The lowest BCUT2D eigenvalue weighted by Gasteiger charge is -2.26.